The summed E-state index contributed by atoms with van der Waals surface area (Å²) >= 11 is 3.37. The first kappa shape index (κ1) is 16.0. The van der Waals surface area contributed by atoms with Crippen LogP contribution in [0.25, 0.3) is 0 Å². The molecule has 1 aliphatic rings. The van der Waals surface area contributed by atoms with E-state index in [1.807, 2.05) is 24.3 Å². The monoisotopic (exact) mass is 375 g/mol. The lowest BCUT2D eigenvalue weighted by Crippen LogP contribution is -2.43. The summed E-state index contributed by atoms with van der Waals surface area (Å²) in [5, 5.41) is 13.6. The third-order valence-electron chi connectivity index (χ3n) is 4.15. The molecule has 0 fully saturated rings. The summed E-state index contributed by atoms with van der Waals surface area (Å²) in [4.78, 5) is 12.4. The predicted octanol–water partition coefficient (Wildman–Crippen LogP) is 2.72. The molecule has 5 heteroatoms. The van der Waals surface area contributed by atoms with Crippen LogP contribution in [0.2, 0.25) is 0 Å². The van der Waals surface area contributed by atoms with Gasteiger partial charge in [0.2, 0.25) is 0 Å². The summed E-state index contributed by atoms with van der Waals surface area (Å²) in [5.74, 6) is 0.380. The fourth-order valence-corrected chi connectivity index (χ4v) is 3.37. The molecule has 0 atom stereocenters. The molecule has 0 unspecified atom stereocenters. The zero-order chi connectivity index (χ0) is 16.4. The molecule has 0 aromatic heterocycles. The second kappa shape index (κ2) is 6.34. The van der Waals surface area contributed by atoms with Gasteiger partial charge in [0, 0.05) is 23.9 Å². The molecule has 2 aromatic carbocycles. The van der Waals surface area contributed by atoms with E-state index >= 15 is 0 Å². The molecule has 4 nitrogen and oxygen atoms in total. The Labute approximate surface area is 143 Å². The Morgan fingerprint density at radius 1 is 1.26 bits per heavy atom. The largest absolute Gasteiger partial charge is 0.497 e. The molecular formula is C18H18BrNO3. The maximum atomic E-state index is 12.4. The van der Waals surface area contributed by atoms with Crippen LogP contribution in [0.15, 0.2) is 46.9 Å². The van der Waals surface area contributed by atoms with Crippen molar-refractivity contribution < 1.29 is 14.6 Å². The minimum atomic E-state index is -0.926. The molecule has 0 saturated heterocycles. The minimum Gasteiger partial charge on any atom is -0.497 e. The number of nitrogens with one attached hydrogen (secondary N) is 1. The first-order valence-corrected chi connectivity index (χ1v) is 8.21. The van der Waals surface area contributed by atoms with Crippen molar-refractivity contribution in [2.45, 2.75) is 18.4 Å². The number of fused-ring (bicyclic) bond motifs is 1. The van der Waals surface area contributed by atoms with Gasteiger partial charge in [-0.1, -0.05) is 24.3 Å². The highest BCUT2D eigenvalue weighted by atomic mass is 79.9. The number of benzene rings is 2. The average Bonchev–Trinajstić information content (AvgIpc) is 2.89. The molecular weight excluding hydrogens is 358 g/mol. The Hall–Kier alpha value is -1.85. The maximum Gasteiger partial charge on any atom is 0.252 e. The number of halogens is 1. The number of carbonyl (C=O) groups is 1. The molecule has 0 saturated carbocycles. The van der Waals surface area contributed by atoms with Crippen molar-refractivity contribution in [2.24, 2.45) is 0 Å². The first-order chi connectivity index (χ1) is 11.0. The number of ether oxygens (including phenoxy) is 1. The highest BCUT2D eigenvalue weighted by Crippen LogP contribution is 2.29. The van der Waals surface area contributed by atoms with Crippen LogP contribution in [0.5, 0.6) is 5.75 Å². The molecule has 0 radical (unpaired) electrons. The summed E-state index contributed by atoms with van der Waals surface area (Å²) in [7, 11) is 1.56. The number of rotatable bonds is 4. The van der Waals surface area contributed by atoms with Crippen LogP contribution < -0.4 is 10.1 Å². The highest BCUT2D eigenvalue weighted by molar-refractivity contribution is 9.10. The van der Waals surface area contributed by atoms with Gasteiger partial charge >= 0.3 is 0 Å². The Morgan fingerprint density at radius 2 is 1.91 bits per heavy atom. The first-order valence-electron chi connectivity index (χ1n) is 7.42. The van der Waals surface area contributed by atoms with Crippen molar-refractivity contribution in [2.75, 3.05) is 13.7 Å². The molecule has 2 aromatic rings. The van der Waals surface area contributed by atoms with Gasteiger partial charge in [-0.3, -0.25) is 4.79 Å². The summed E-state index contributed by atoms with van der Waals surface area (Å²) < 4.78 is 5.84. The summed E-state index contributed by atoms with van der Waals surface area (Å²) in [6.07, 6.45) is 1.12. The third kappa shape index (κ3) is 3.41. The van der Waals surface area contributed by atoms with Gasteiger partial charge in [-0.05, 0) is 45.3 Å². The summed E-state index contributed by atoms with van der Waals surface area (Å²) in [6, 6.07) is 13.2. The van der Waals surface area contributed by atoms with E-state index in [0.29, 0.717) is 28.6 Å². The lowest BCUT2D eigenvalue weighted by molar-refractivity contribution is 0.0479. The van der Waals surface area contributed by atoms with Crippen LogP contribution >= 0.6 is 15.9 Å². The van der Waals surface area contributed by atoms with Crippen LogP contribution in [0.1, 0.15) is 21.5 Å². The average molecular weight is 376 g/mol. The lowest BCUT2D eigenvalue weighted by atomic mass is 10.0. The topological polar surface area (TPSA) is 58.6 Å². The van der Waals surface area contributed by atoms with E-state index in [-0.39, 0.29) is 12.5 Å². The Morgan fingerprint density at radius 3 is 2.52 bits per heavy atom. The Kier molecular flexibility index (Phi) is 4.41. The van der Waals surface area contributed by atoms with Gasteiger partial charge in [-0.2, -0.15) is 0 Å². The van der Waals surface area contributed by atoms with Crippen molar-refractivity contribution in [3.05, 3.63) is 63.6 Å². The molecule has 3 rings (SSSR count). The van der Waals surface area contributed by atoms with Gasteiger partial charge in [0.15, 0.2) is 0 Å². The quantitative estimate of drug-likeness (QED) is 0.863. The van der Waals surface area contributed by atoms with Gasteiger partial charge in [-0.15, -0.1) is 0 Å². The van der Waals surface area contributed by atoms with E-state index in [2.05, 4.69) is 21.2 Å². The van der Waals surface area contributed by atoms with Crippen LogP contribution in [0, 0.1) is 0 Å². The number of methoxy groups -OCH3 is 1. The molecule has 23 heavy (non-hydrogen) atoms. The second-order valence-electron chi connectivity index (χ2n) is 5.88. The molecule has 0 heterocycles. The van der Waals surface area contributed by atoms with E-state index in [9.17, 15) is 9.90 Å². The van der Waals surface area contributed by atoms with Crippen molar-refractivity contribution in [3.8, 4) is 5.75 Å². The molecule has 0 aliphatic heterocycles. The van der Waals surface area contributed by atoms with Gasteiger partial charge in [0.05, 0.1) is 18.3 Å². The number of amides is 1. The van der Waals surface area contributed by atoms with E-state index < -0.39 is 5.60 Å². The maximum absolute atomic E-state index is 12.4. The fraction of sp³-hybridized carbons (Fsp3) is 0.278. The number of hydrogen-bond acceptors (Lipinski definition) is 3. The van der Waals surface area contributed by atoms with Gasteiger partial charge < -0.3 is 15.2 Å². The SMILES string of the molecule is COc1ccc(Br)c(C(=O)NCC2(O)Cc3ccccc3C2)c1. The number of carbonyl (C=O) groups excluding carboxylic acids is 1. The van der Waals surface area contributed by atoms with E-state index in [0.717, 1.165) is 11.1 Å². The zero-order valence-corrected chi connectivity index (χ0v) is 14.4. The van der Waals surface area contributed by atoms with Crippen LogP contribution in [-0.2, 0) is 12.8 Å². The van der Waals surface area contributed by atoms with Gasteiger partial charge in [-0.25, -0.2) is 0 Å². The number of aliphatic hydroxyl groups is 1. The summed E-state index contributed by atoms with van der Waals surface area (Å²) in [5.41, 5.74) is 1.85. The standard InChI is InChI=1S/C18H18BrNO3/c1-23-14-6-7-16(19)15(8-14)17(21)20-11-18(22)9-12-4-2-3-5-13(12)10-18/h2-8,22H,9-11H2,1H3,(H,20,21). The van der Waals surface area contributed by atoms with Crippen molar-refractivity contribution >= 4 is 21.8 Å². The predicted molar refractivity (Wildman–Crippen MR) is 91.8 cm³/mol. The normalized spacial score (nSPS) is 15.1. The molecule has 0 spiro atoms. The molecule has 120 valence electrons. The van der Waals surface area contributed by atoms with Gasteiger partial charge in [0.25, 0.3) is 5.91 Å². The molecule has 2 N–H and O–H groups in total. The van der Waals surface area contributed by atoms with E-state index in [1.54, 1.807) is 25.3 Å². The van der Waals surface area contributed by atoms with E-state index in [1.165, 1.54) is 0 Å². The van der Waals surface area contributed by atoms with Crippen LogP contribution in [0.3, 0.4) is 0 Å². The van der Waals surface area contributed by atoms with E-state index in [4.69, 9.17) is 4.74 Å². The number of hydrogen-bond donors (Lipinski definition) is 2. The minimum absolute atomic E-state index is 0.212. The lowest BCUT2D eigenvalue weighted by Gasteiger charge is -2.22. The smallest absolute Gasteiger partial charge is 0.252 e. The van der Waals surface area contributed by atoms with Crippen molar-refractivity contribution in [3.63, 3.8) is 0 Å². The summed E-state index contributed by atoms with van der Waals surface area (Å²) in [6.45, 7) is 0.212. The van der Waals surface area contributed by atoms with Gasteiger partial charge in [0.1, 0.15) is 5.75 Å². The van der Waals surface area contributed by atoms with Crippen LogP contribution in [0.4, 0.5) is 0 Å². The second-order valence-corrected chi connectivity index (χ2v) is 6.73. The zero-order valence-electron chi connectivity index (χ0n) is 12.8. The van der Waals surface area contributed by atoms with Crippen molar-refractivity contribution in [1.82, 2.24) is 5.32 Å². The Balaban J connectivity index is 1.68. The molecule has 1 amide bonds. The fourth-order valence-electron chi connectivity index (χ4n) is 2.94. The molecule has 1 aliphatic carbocycles. The Bertz CT molecular complexity index is 720. The third-order valence-corrected chi connectivity index (χ3v) is 4.85. The van der Waals surface area contributed by atoms with Crippen LogP contribution in [-0.4, -0.2) is 30.3 Å². The molecule has 0 bridgehead atoms. The highest BCUT2D eigenvalue weighted by Gasteiger charge is 2.35. The van der Waals surface area contributed by atoms with Crippen molar-refractivity contribution in [1.29, 1.82) is 0 Å².